The van der Waals surface area contributed by atoms with Crippen LogP contribution in [-0.4, -0.2) is 37.9 Å². The summed E-state index contributed by atoms with van der Waals surface area (Å²) in [7, 11) is 0. The fraction of sp³-hybridized carbons (Fsp3) is 0.556. The number of benzene rings is 1. The second kappa shape index (κ2) is 7.99. The normalized spacial score (nSPS) is 23.4. The highest BCUT2D eigenvalue weighted by Gasteiger charge is 2.28. The molecule has 0 saturated heterocycles. The number of carbonyl (C=O) groups excluding carboxylic acids is 1. The molecule has 1 N–H and O–H groups in total. The Balaban J connectivity index is 1.60. The fourth-order valence-corrected chi connectivity index (χ4v) is 4.08. The molecule has 0 bridgehead atoms. The lowest BCUT2D eigenvalue weighted by Crippen LogP contribution is -2.44. The number of tetrazole rings is 1. The van der Waals surface area contributed by atoms with Gasteiger partial charge < -0.3 is 5.32 Å². The quantitative estimate of drug-likeness (QED) is 0.831. The monoisotopic (exact) mass is 359 g/mol. The summed E-state index contributed by atoms with van der Waals surface area (Å²) < 4.78 is 1.69. The van der Waals surface area contributed by atoms with Gasteiger partial charge in [0.25, 0.3) is 0 Å². The molecule has 1 aliphatic carbocycles. The third-order valence-corrected chi connectivity index (χ3v) is 6.09. The van der Waals surface area contributed by atoms with Gasteiger partial charge in [-0.05, 0) is 47.2 Å². The average molecular weight is 359 g/mol. The van der Waals surface area contributed by atoms with Crippen molar-refractivity contribution in [2.75, 3.05) is 5.75 Å². The van der Waals surface area contributed by atoms with Crippen molar-refractivity contribution in [2.24, 2.45) is 11.8 Å². The summed E-state index contributed by atoms with van der Waals surface area (Å²) in [5.41, 5.74) is 2.02. The van der Waals surface area contributed by atoms with E-state index in [9.17, 15) is 4.79 Å². The van der Waals surface area contributed by atoms with Crippen LogP contribution >= 0.6 is 11.8 Å². The van der Waals surface area contributed by atoms with Crippen molar-refractivity contribution >= 4 is 17.7 Å². The van der Waals surface area contributed by atoms with Crippen LogP contribution in [0.25, 0.3) is 5.69 Å². The van der Waals surface area contributed by atoms with Crippen LogP contribution in [0.15, 0.2) is 29.4 Å². The summed E-state index contributed by atoms with van der Waals surface area (Å²) in [5.74, 6) is 1.57. The molecule has 3 rings (SSSR count). The maximum atomic E-state index is 12.4. The molecule has 1 amide bonds. The number of amides is 1. The molecule has 1 fully saturated rings. The fourth-order valence-electron chi connectivity index (χ4n) is 3.39. The van der Waals surface area contributed by atoms with Gasteiger partial charge in [0, 0.05) is 6.04 Å². The molecule has 25 heavy (non-hydrogen) atoms. The summed E-state index contributed by atoms with van der Waals surface area (Å²) >= 11 is 1.37. The van der Waals surface area contributed by atoms with Gasteiger partial charge in [-0.1, -0.05) is 56.7 Å². The number of nitrogens with zero attached hydrogens (tertiary/aromatic N) is 4. The number of thioether (sulfide) groups is 1. The molecule has 0 aliphatic heterocycles. The van der Waals surface area contributed by atoms with Gasteiger partial charge in [-0.15, -0.1) is 5.10 Å². The minimum absolute atomic E-state index is 0.0512. The Bertz CT molecular complexity index is 732. The van der Waals surface area contributed by atoms with Gasteiger partial charge in [-0.3, -0.25) is 4.79 Å². The third-order valence-electron chi connectivity index (χ3n) is 5.17. The standard InChI is InChI=1S/C18H25N5OS/c1-12-8-6-9-15(14(12)3)19-17(24)11-25-18-20-21-22-23(18)16-10-5-4-7-13(16)2/h4-5,7,10,12,14-15H,6,8-9,11H2,1-3H3,(H,19,24)/t12-,14-,15+/m1/s1. The van der Waals surface area contributed by atoms with Gasteiger partial charge in [0.2, 0.25) is 11.1 Å². The van der Waals surface area contributed by atoms with Crippen molar-refractivity contribution in [2.45, 2.75) is 51.2 Å². The predicted molar refractivity (Wildman–Crippen MR) is 98.7 cm³/mol. The van der Waals surface area contributed by atoms with Crippen molar-refractivity contribution in [1.82, 2.24) is 25.5 Å². The van der Waals surface area contributed by atoms with Crippen LogP contribution in [0.5, 0.6) is 0 Å². The van der Waals surface area contributed by atoms with Gasteiger partial charge in [-0.2, -0.15) is 4.68 Å². The lowest BCUT2D eigenvalue weighted by atomic mass is 9.78. The summed E-state index contributed by atoms with van der Waals surface area (Å²) in [4.78, 5) is 12.4. The predicted octanol–water partition coefficient (Wildman–Crippen LogP) is 3.00. The van der Waals surface area contributed by atoms with E-state index in [1.807, 2.05) is 31.2 Å². The number of rotatable bonds is 5. The zero-order valence-corrected chi connectivity index (χ0v) is 15.8. The summed E-state index contributed by atoms with van der Waals surface area (Å²) in [5, 5.41) is 15.7. The smallest absolute Gasteiger partial charge is 0.230 e. The van der Waals surface area contributed by atoms with Crippen LogP contribution in [0.4, 0.5) is 0 Å². The van der Waals surface area contributed by atoms with Crippen molar-refractivity contribution in [3.63, 3.8) is 0 Å². The molecule has 0 unspecified atom stereocenters. The van der Waals surface area contributed by atoms with Gasteiger partial charge in [0.1, 0.15) is 0 Å². The number of para-hydroxylation sites is 1. The van der Waals surface area contributed by atoms with E-state index >= 15 is 0 Å². The number of aryl methyl sites for hydroxylation is 1. The number of nitrogens with one attached hydrogen (secondary N) is 1. The lowest BCUT2D eigenvalue weighted by Gasteiger charge is -2.34. The highest BCUT2D eigenvalue weighted by Crippen LogP contribution is 2.29. The number of aromatic nitrogens is 4. The SMILES string of the molecule is Cc1ccccc1-n1nnnc1SCC(=O)N[C@H]1CCC[C@@H](C)[C@H]1C. The zero-order valence-electron chi connectivity index (χ0n) is 15.0. The molecule has 1 aromatic heterocycles. The first-order chi connectivity index (χ1) is 12.1. The Hall–Kier alpha value is -1.89. The van der Waals surface area contributed by atoms with Crippen LogP contribution in [-0.2, 0) is 4.79 Å². The molecule has 134 valence electrons. The Morgan fingerprint density at radius 2 is 2.12 bits per heavy atom. The van der Waals surface area contributed by atoms with Crippen LogP contribution < -0.4 is 5.32 Å². The molecule has 0 radical (unpaired) electrons. The first-order valence-corrected chi connectivity index (χ1v) is 9.81. The van der Waals surface area contributed by atoms with Crippen molar-refractivity contribution in [3.8, 4) is 5.69 Å². The second-order valence-corrected chi connectivity index (χ2v) is 7.83. The van der Waals surface area contributed by atoms with Crippen LogP contribution in [0, 0.1) is 18.8 Å². The van der Waals surface area contributed by atoms with Gasteiger partial charge in [0.05, 0.1) is 11.4 Å². The molecule has 1 saturated carbocycles. The van der Waals surface area contributed by atoms with E-state index in [0.29, 0.717) is 22.7 Å². The summed E-state index contributed by atoms with van der Waals surface area (Å²) in [6.07, 6.45) is 3.52. The van der Waals surface area contributed by atoms with E-state index in [0.717, 1.165) is 17.7 Å². The van der Waals surface area contributed by atoms with E-state index < -0.39 is 0 Å². The average Bonchev–Trinajstić information content (AvgIpc) is 3.06. The first kappa shape index (κ1) is 17.9. The minimum Gasteiger partial charge on any atom is -0.352 e. The van der Waals surface area contributed by atoms with Gasteiger partial charge in [-0.25, -0.2) is 0 Å². The Labute approximate surface area is 152 Å². The molecule has 1 aromatic carbocycles. The first-order valence-electron chi connectivity index (χ1n) is 8.83. The van der Waals surface area contributed by atoms with Crippen LogP contribution in [0.3, 0.4) is 0 Å². The Kier molecular flexibility index (Phi) is 5.73. The molecule has 6 nitrogen and oxygen atoms in total. The molecule has 3 atom stereocenters. The molecule has 0 spiro atoms. The molecule has 2 aromatic rings. The molecule has 1 aliphatic rings. The third kappa shape index (κ3) is 4.21. The topological polar surface area (TPSA) is 72.7 Å². The molecule has 7 heteroatoms. The van der Waals surface area contributed by atoms with E-state index in [2.05, 4.69) is 34.7 Å². The number of carbonyl (C=O) groups is 1. The van der Waals surface area contributed by atoms with Crippen molar-refractivity contribution < 1.29 is 4.79 Å². The van der Waals surface area contributed by atoms with Gasteiger partial charge in [0.15, 0.2) is 0 Å². The van der Waals surface area contributed by atoms with Gasteiger partial charge >= 0.3 is 0 Å². The van der Waals surface area contributed by atoms with E-state index in [1.54, 1.807) is 4.68 Å². The Morgan fingerprint density at radius 3 is 2.92 bits per heavy atom. The van der Waals surface area contributed by atoms with E-state index in [1.165, 1.54) is 24.6 Å². The number of hydrogen-bond donors (Lipinski definition) is 1. The van der Waals surface area contributed by atoms with Crippen molar-refractivity contribution in [3.05, 3.63) is 29.8 Å². The number of hydrogen-bond acceptors (Lipinski definition) is 5. The molecular weight excluding hydrogens is 334 g/mol. The highest BCUT2D eigenvalue weighted by molar-refractivity contribution is 7.99. The zero-order chi connectivity index (χ0) is 17.8. The highest BCUT2D eigenvalue weighted by atomic mass is 32.2. The van der Waals surface area contributed by atoms with Crippen molar-refractivity contribution in [1.29, 1.82) is 0 Å². The largest absolute Gasteiger partial charge is 0.352 e. The minimum atomic E-state index is 0.0512. The maximum absolute atomic E-state index is 12.4. The molecular formula is C18H25N5OS. The molecule has 1 heterocycles. The maximum Gasteiger partial charge on any atom is 0.230 e. The van der Waals surface area contributed by atoms with Crippen LogP contribution in [0.1, 0.15) is 38.7 Å². The van der Waals surface area contributed by atoms with E-state index in [4.69, 9.17) is 0 Å². The summed E-state index contributed by atoms with van der Waals surface area (Å²) in [6, 6.07) is 8.21. The summed E-state index contributed by atoms with van der Waals surface area (Å²) in [6.45, 7) is 6.53. The second-order valence-electron chi connectivity index (χ2n) is 6.89. The Morgan fingerprint density at radius 1 is 1.32 bits per heavy atom. The van der Waals surface area contributed by atoms with Crippen LogP contribution in [0.2, 0.25) is 0 Å². The lowest BCUT2D eigenvalue weighted by molar-refractivity contribution is -0.120. The van der Waals surface area contributed by atoms with E-state index in [-0.39, 0.29) is 11.9 Å².